The Hall–Kier alpha value is -1.03. The van der Waals surface area contributed by atoms with Crippen molar-refractivity contribution in [3.8, 4) is 5.75 Å². The van der Waals surface area contributed by atoms with Crippen molar-refractivity contribution in [1.82, 2.24) is 0 Å². The Morgan fingerprint density at radius 2 is 2.19 bits per heavy atom. The molecule has 1 aliphatic heterocycles. The predicted molar refractivity (Wildman–Crippen MR) is 64.0 cm³/mol. The molecule has 2 rings (SSSR count). The van der Waals surface area contributed by atoms with Gasteiger partial charge in [0.05, 0.1) is 23.8 Å². The molecular weight excluding hydrogens is 272 g/mol. The van der Waals surface area contributed by atoms with E-state index in [1.165, 1.54) is 7.11 Å². The van der Waals surface area contributed by atoms with Crippen LogP contribution < -0.4 is 4.74 Å². The standard InChI is InChI=1S/C12H13BrO3/c1-12(2)6-16-10-8(12)4-7(5-9(10)13)11(14)15-3/h4-5H,6H2,1-3H3. The Morgan fingerprint density at radius 1 is 1.50 bits per heavy atom. The quantitative estimate of drug-likeness (QED) is 0.744. The van der Waals surface area contributed by atoms with Gasteiger partial charge in [-0.15, -0.1) is 0 Å². The Morgan fingerprint density at radius 3 is 2.81 bits per heavy atom. The van der Waals surface area contributed by atoms with E-state index in [0.717, 1.165) is 15.8 Å². The van der Waals surface area contributed by atoms with E-state index in [2.05, 4.69) is 29.8 Å². The van der Waals surface area contributed by atoms with E-state index in [-0.39, 0.29) is 11.4 Å². The van der Waals surface area contributed by atoms with E-state index >= 15 is 0 Å². The lowest BCUT2D eigenvalue weighted by Gasteiger charge is -2.15. The van der Waals surface area contributed by atoms with Gasteiger partial charge in [0.2, 0.25) is 0 Å². The zero-order valence-corrected chi connectivity index (χ0v) is 11.1. The average Bonchev–Trinajstić information content (AvgIpc) is 2.54. The molecule has 1 aliphatic rings. The van der Waals surface area contributed by atoms with Crippen molar-refractivity contribution in [3.05, 3.63) is 27.7 Å². The molecule has 0 saturated carbocycles. The van der Waals surface area contributed by atoms with Crippen LogP contribution in [0.4, 0.5) is 0 Å². The molecule has 1 heterocycles. The summed E-state index contributed by atoms with van der Waals surface area (Å²) in [5, 5.41) is 0. The van der Waals surface area contributed by atoms with Crippen molar-refractivity contribution in [2.45, 2.75) is 19.3 Å². The van der Waals surface area contributed by atoms with Crippen molar-refractivity contribution >= 4 is 21.9 Å². The largest absolute Gasteiger partial charge is 0.491 e. The molecule has 1 aromatic rings. The molecular formula is C12H13BrO3. The molecule has 0 aliphatic carbocycles. The maximum Gasteiger partial charge on any atom is 0.337 e. The molecule has 0 radical (unpaired) electrons. The maximum absolute atomic E-state index is 11.5. The van der Waals surface area contributed by atoms with Crippen LogP contribution in [0.15, 0.2) is 16.6 Å². The molecule has 0 atom stereocenters. The van der Waals surface area contributed by atoms with Crippen LogP contribution in [-0.2, 0) is 10.2 Å². The molecule has 4 heteroatoms. The zero-order chi connectivity index (χ0) is 11.9. The Bertz CT molecular complexity index is 452. The number of hydrogen-bond acceptors (Lipinski definition) is 3. The van der Waals surface area contributed by atoms with E-state index in [9.17, 15) is 4.79 Å². The minimum atomic E-state index is -0.328. The van der Waals surface area contributed by atoms with E-state index in [0.29, 0.717) is 12.2 Å². The molecule has 0 fully saturated rings. The fourth-order valence-corrected chi connectivity index (χ4v) is 2.38. The second kappa shape index (κ2) is 3.77. The highest BCUT2D eigenvalue weighted by Gasteiger charge is 2.34. The average molecular weight is 285 g/mol. The minimum absolute atomic E-state index is 0.0676. The summed E-state index contributed by atoms with van der Waals surface area (Å²) in [5.74, 6) is 0.504. The third-order valence-electron chi connectivity index (χ3n) is 2.77. The number of fused-ring (bicyclic) bond motifs is 1. The second-order valence-corrected chi connectivity index (χ2v) is 5.35. The summed E-state index contributed by atoms with van der Waals surface area (Å²) in [6.45, 7) is 4.81. The molecule has 0 aromatic heterocycles. The first-order valence-corrected chi connectivity index (χ1v) is 5.80. The van der Waals surface area contributed by atoms with Crippen LogP contribution in [-0.4, -0.2) is 19.7 Å². The van der Waals surface area contributed by atoms with Crippen molar-refractivity contribution in [1.29, 1.82) is 0 Å². The van der Waals surface area contributed by atoms with Gasteiger partial charge in [-0.25, -0.2) is 4.79 Å². The third-order valence-corrected chi connectivity index (χ3v) is 3.36. The Balaban J connectivity index is 2.57. The van der Waals surface area contributed by atoms with E-state index in [4.69, 9.17) is 9.47 Å². The summed E-state index contributed by atoms with van der Waals surface area (Å²) in [6, 6.07) is 3.57. The number of esters is 1. The Labute approximate surface area is 103 Å². The van der Waals surface area contributed by atoms with Crippen molar-refractivity contribution < 1.29 is 14.3 Å². The summed E-state index contributed by atoms with van der Waals surface area (Å²) in [7, 11) is 1.38. The highest BCUT2D eigenvalue weighted by Crippen LogP contribution is 2.43. The number of carbonyl (C=O) groups is 1. The lowest BCUT2D eigenvalue weighted by molar-refractivity contribution is 0.0600. The summed E-state index contributed by atoms with van der Waals surface area (Å²) >= 11 is 3.41. The maximum atomic E-state index is 11.5. The first-order valence-electron chi connectivity index (χ1n) is 5.01. The van der Waals surface area contributed by atoms with Crippen LogP contribution >= 0.6 is 15.9 Å². The number of benzene rings is 1. The summed E-state index contributed by atoms with van der Waals surface area (Å²) in [5.41, 5.74) is 1.52. The third kappa shape index (κ3) is 1.71. The fourth-order valence-electron chi connectivity index (χ4n) is 1.81. The van der Waals surface area contributed by atoms with E-state index in [1.807, 2.05) is 6.07 Å². The van der Waals surface area contributed by atoms with Crippen molar-refractivity contribution in [3.63, 3.8) is 0 Å². The lowest BCUT2D eigenvalue weighted by Crippen LogP contribution is -2.18. The number of halogens is 1. The van der Waals surface area contributed by atoms with Gasteiger partial charge in [0.15, 0.2) is 0 Å². The number of ether oxygens (including phenoxy) is 2. The fraction of sp³-hybridized carbons (Fsp3) is 0.417. The minimum Gasteiger partial charge on any atom is -0.491 e. The van der Waals surface area contributed by atoms with E-state index < -0.39 is 0 Å². The molecule has 0 unspecified atom stereocenters. The van der Waals surface area contributed by atoms with Gasteiger partial charge in [-0.1, -0.05) is 13.8 Å². The first-order chi connectivity index (χ1) is 7.45. The topological polar surface area (TPSA) is 35.5 Å². The summed E-state index contributed by atoms with van der Waals surface area (Å²) in [6.07, 6.45) is 0. The molecule has 0 saturated heterocycles. The Kier molecular flexibility index (Phi) is 2.70. The smallest absolute Gasteiger partial charge is 0.337 e. The normalized spacial score (nSPS) is 16.5. The number of carbonyl (C=O) groups excluding carboxylic acids is 1. The molecule has 0 bridgehead atoms. The molecule has 16 heavy (non-hydrogen) atoms. The molecule has 0 N–H and O–H groups in total. The van der Waals surface area contributed by atoms with Crippen LogP contribution in [0.25, 0.3) is 0 Å². The van der Waals surface area contributed by atoms with Gasteiger partial charge in [-0.05, 0) is 28.1 Å². The van der Waals surface area contributed by atoms with Crippen LogP contribution in [0.1, 0.15) is 29.8 Å². The zero-order valence-electron chi connectivity index (χ0n) is 9.46. The van der Waals surface area contributed by atoms with Crippen molar-refractivity contribution in [2.24, 2.45) is 0 Å². The molecule has 0 spiro atoms. The highest BCUT2D eigenvalue weighted by molar-refractivity contribution is 9.10. The van der Waals surface area contributed by atoms with Gasteiger partial charge in [0.1, 0.15) is 5.75 Å². The number of methoxy groups -OCH3 is 1. The van der Waals surface area contributed by atoms with Gasteiger partial charge in [-0.2, -0.15) is 0 Å². The summed E-state index contributed by atoms with van der Waals surface area (Å²) in [4.78, 5) is 11.5. The van der Waals surface area contributed by atoms with Crippen LogP contribution in [0.3, 0.4) is 0 Å². The van der Waals surface area contributed by atoms with Crippen LogP contribution in [0.2, 0.25) is 0 Å². The van der Waals surface area contributed by atoms with Crippen LogP contribution in [0, 0.1) is 0 Å². The summed E-state index contributed by atoms with van der Waals surface area (Å²) < 4.78 is 11.1. The number of rotatable bonds is 1. The highest BCUT2D eigenvalue weighted by atomic mass is 79.9. The molecule has 86 valence electrons. The van der Waals surface area contributed by atoms with Gasteiger partial charge >= 0.3 is 5.97 Å². The van der Waals surface area contributed by atoms with Gasteiger partial charge in [0, 0.05) is 11.0 Å². The van der Waals surface area contributed by atoms with Gasteiger partial charge in [0.25, 0.3) is 0 Å². The molecule has 0 amide bonds. The first kappa shape index (κ1) is 11.5. The predicted octanol–water partition coefficient (Wildman–Crippen LogP) is 2.91. The lowest BCUT2D eigenvalue weighted by atomic mass is 9.86. The SMILES string of the molecule is COC(=O)c1cc(Br)c2c(c1)C(C)(C)CO2. The van der Waals surface area contributed by atoms with E-state index in [1.54, 1.807) is 6.07 Å². The second-order valence-electron chi connectivity index (χ2n) is 4.50. The molecule has 1 aromatic carbocycles. The monoisotopic (exact) mass is 284 g/mol. The van der Waals surface area contributed by atoms with Crippen molar-refractivity contribution in [2.75, 3.05) is 13.7 Å². The van der Waals surface area contributed by atoms with Gasteiger partial charge < -0.3 is 9.47 Å². The van der Waals surface area contributed by atoms with Gasteiger partial charge in [-0.3, -0.25) is 0 Å². The van der Waals surface area contributed by atoms with Crippen LogP contribution in [0.5, 0.6) is 5.75 Å². The number of hydrogen-bond donors (Lipinski definition) is 0. The molecule has 3 nitrogen and oxygen atoms in total.